The summed E-state index contributed by atoms with van der Waals surface area (Å²) in [4.78, 5) is 12.0. The van der Waals surface area contributed by atoms with E-state index >= 15 is 0 Å². The highest BCUT2D eigenvalue weighted by atomic mass is 16.6. The summed E-state index contributed by atoms with van der Waals surface area (Å²) in [5.74, 6) is 0.425. The predicted molar refractivity (Wildman–Crippen MR) is 65.6 cm³/mol. The SMILES string of the molecule is CC1CCCC(CO)(NC(=O)C2=COCCO2)C1. The molecule has 1 fully saturated rings. The molecule has 1 saturated carbocycles. The van der Waals surface area contributed by atoms with Gasteiger partial charge < -0.3 is 19.9 Å². The molecule has 2 aliphatic rings. The molecule has 1 heterocycles. The van der Waals surface area contributed by atoms with Crippen LogP contribution >= 0.6 is 0 Å². The van der Waals surface area contributed by atoms with Gasteiger partial charge in [-0.3, -0.25) is 4.79 Å². The third-order valence-electron chi connectivity index (χ3n) is 3.65. The van der Waals surface area contributed by atoms with Crippen molar-refractivity contribution in [3.63, 3.8) is 0 Å². The number of hydrogen-bond donors (Lipinski definition) is 2. The molecule has 2 atom stereocenters. The van der Waals surface area contributed by atoms with Crippen molar-refractivity contribution in [1.82, 2.24) is 5.32 Å². The van der Waals surface area contributed by atoms with E-state index in [-0.39, 0.29) is 18.3 Å². The molecule has 0 spiro atoms. The maximum atomic E-state index is 12.0. The Morgan fingerprint density at radius 3 is 3.06 bits per heavy atom. The summed E-state index contributed by atoms with van der Waals surface area (Å²) in [6.45, 7) is 2.98. The van der Waals surface area contributed by atoms with Crippen molar-refractivity contribution < 1.29 is 19.4 Å². The second kappa shape index (κ2) is 5.61. The van der Waals surface area contributed by atoms with Crippen LogP contribution in [-0.4, -0.2) is 36.4 Å². The van der Waals surface area contributed by atoms with Gasteiger partial charge in [0.25, 0.3) is 5.91 Å². The standard InChI is InChI=1S/C13H21NO4/c1-10-3-2-4-13(7-10,9-15)14-12(16)11-8-17-5-6-18-11/h8,10,15H,2-7,9H2,1H3,(H,14,16). The van der Waals surface area contributed by atoms with Gasteiger partial charge in [0.15, 0.2) is 0 Å². The highest BCUT2D eigenvalue weighted by molar-refractivity contribution is 5.91. The molecule has 2 N–H and O–H groups in total. The zero-order chi connectivity index (χ0) is 13.0. The molecule has 0 aromatic carbocycles. The number of carbonyl (C=O) groups is 1. The summed E-state index contributed by atoms with van der Waals surface area (Å²) in [7, 11) is 0. The van der Waals surface area contributed by atoms with Gasteiger partial charge in [-0.1, -0.05) is 19.8 Å². The molecule has 0 radical (unpaired) electrons. The van der Waals surface area contributed by atoms with Gasteiger partial charge in [0.05, 0.1) is 12.1 Å². The highest BCUT2D eigenvalue weighted by Gasteiger charge is 2.36. The molecule has 1 amide bonds. The van der Waals surface area contributed by atoms with Crippen LogP contribution in [0.2, 0.25) is 0 Å². The summed E-state index contributed by atoms with van der Waals surface area (Å²) < 4.78 is 10.3. The average Bonchev–Trinajstić information content (AvgIpc) is 2.39. The number of nitrogens with one attached hydrogen (secondary N) is 1. The summed E-state index contributed by atoms with van der Waals surface area (Å²) in [6.07, 6.45) is 5.14. The number of aliphatic hydroxyl groups excluding tert-OH is 1. The number of carbonyl (C=O) groups excluding carboxylic acids is 1. The Balaban J connectivity index is 2.01. The largest absolute Gasteiger partial charge is 0.494 e. The van der Waals surface area contributed by atoms with Gasteiger partial charge in [-0.25, -0.2) is 0 Å². The van der Waals surface area contributed by atoms with Crippen molar-refractivity contribution in [1.29, 1.82) is 0 Å². The number of hydrogen-bond acceptors (Lipinski definition) is 4. The van der Waals surface area contributed by atoms with Gasteiger partial charge in [-0.15, -0.1) is 0 Å². The first kappa shape index (κ1) is 13.2. The zero-order valence-electron chi connectivity index (χ0n) is 10.8. The molecule has 0 bridgehead atoms. The molecular formula is C13H21NO4. The van der Waals surface area contributed by atoms with E-state index in [1.165, 1.54) is 6.26 Å². The van der Waals surface area contributed by atoms with Gasteiger partial charge in [0, 0.05) is 0 Å². The van der Waals surface area contributed by atoms with Crippen LogP contribution in [0.25, 0.3) is 0 Å². The molecule has 1 aliphatic heterocycles. The van der Waals surface area contributed by atoms with Crippen molar-refractivity contribution >= 4 is 5.91 Å². The molecule has 1 aliphatic carbocycles. The second-order valence-corrected chi connectivity index (χ2v) is 5.30. The Bertz CT molecular complexity index is 342. The van der Waals surface area contributed by atoms with Crippen LogP contribution in [0.15, 0.2) is 12.0 Å². The Labute approximate surface area is 107 Å². The fourth-order valence-electron chi connectivity index (χ4n) is 2.75. The topological polar surface area (TPSA) is 67.8 Å². The first-order chi connectivity index (χ1) is 8.65. The summed E-state index contributed by atoms with van der Waals surface area (Å²) in [6, 6.07) is 0. The van der Waals surface area contributed by atoms with Crippen LogP contribution in [0.1, 0.15) is 32.6 Å². The van der Waals surface area contributed by atoms with E-state index in [0.29, 0.717) is 19.1 Å². The van der Waals surface area contributed by atoms with Crippen molar-refractivity contribution in [3.8, 4) is 0 Å². The quantitative estimate of drug-likeness (QED) is 0.787. The Hall–Kier alpha value is -1.23. The summed E-state index contributed by atoms with van der Waals surface area (Å²) in [5.41, 5.74) is -0.504. The van der Waals surface area contributed by atoms with E-state index in [1.807, 2.05) is 0 Å². The van der Waals surface area contributed by atoms with Gasteiger partial charge in [0.1, 0.15) is 19.5 Å². The normalized spacial score (nSPS) is 31.9. The highest BCUT2D eigenvalue weighted by Crippen LogP contribution is 2.32. The van der Waals surface area contributed by atoms with Gasteiger partial charge >= 0.3 is 0 Å². The van der Waals surface area contributed by atoms with E-state index in [2.05, 4.69) is 12.2 Å². The Morgan fingerprint density at radius 1 is 1.61 bits per heavy atom. The van der Waals surface area contributed by atoms with Crippen LogP contribution in [0.5, 0.6) is 0 Å². The van der Waals surface area contributed by atoms with Crippen LogP contribution in [0.4, 0.5) is 0 Å². The zero-order valence-corrected chi connectivity index (χ0v) is 10.8. The Kier molecular flexibility index (Phi) is 4.11. The molecule has 2 unspecified atom stereocenters. The summed E-state index contributed by atoms with van der Waals surface area (Å²) in [5, 5.41) is 12.5. The van der Waals surface area contributed by atoms with Gasteiger partial charge in [0.2, 0.25) is 5.76 Å². The molecule has 5 nitrogen and oxygen atoms in total. The molecule has 18 heavy (non-hydrogen) atoms. The van der Waals surface area contributed by atoms with E-state index in [0.717, 1.165) is 25.7 Å². The monoisotopic (exact) mass is 255 g/mol. The smallest absolute Gasteiger partial charge is 0.290 e. The molecule has 5 heteroatoms. The molecule has 102 valence electrons. The molecule has 0 aromatic rings. The first-order valence-electron chi connectivity index (χ1n) is 6.53. The average molecular weight is 255 g/mol. The lowest BCUT2D eigenvalue weighted by atomic mass is 9.77. The Morgan fingerprint density at radius 2 is 2.44 bits per heavy atom. The lowest BCUT2D eigenvalue weighted by molar-refractivity contribution is -0.125. The summed E-state index contributed by atoms with van der Waals surface area (Å²) >= 11 is 0. The van der Waals surface area contributed by atoms with Crippen molar-refractivity contribution in [2.45, 2.75) is 38.1 Å². The number of amides is 1. The minimum atomic E-state index is -0.504. The van der Waals surface area contributed by atoms with E-state index in [4.69, 9.17) is 9.47 Å². The first-order valence-corrected chi connectivity index (χ1v) is 6.53. The molecule has 0 saturated heterocycles. The van der Waals surface area contributed by atoms with E-state index < -0.39 is 5.54 Å². The fourth-order valence-corrected chi connectivity index (χ4v) is 2.75. The molecule has 2 rings (SSSR count). The minimum Gasteiger partial charge on any atom is -0.494 e. The van der Waals surface area contributed by atoms with Crippen LogP contribution in [0, 0.1) is 5.92 Å². The lowest BCUT2D eigenvalue weighted by Crippen LogP contribution is -2.54. The number of rotatable bonds is 3. The molecular weight excluding hydrogens is 234 g/mol. The predicted octanol–water partition coefficient (Wildman–Crippen LogP) is 0.932. The second-order valence-electron chi connectivity index (χ2n) is 5.30. The van der Waals surface area contributed by atoms with Crippen molar-refractivity contribution in [3.05, 3.63) is 12.0 Å². The van der Waals surface area contributed by atoms with Crippen molar-refractivity contribution in [2.75, 3.05) is 19.8 Å². The van der Waals surface area contributed by atoms with Crippen LogP contribution in [-0.2, 0) is 14.3 Å². The maximum Gasteiger partial charge on any atom is 0.290 e. The van der Waals surface area contributed by atoms with Gasteiger partial charge in [-0.2, -0.15) is 0 Å². The van der Waals surface area contributed by atoms with Crippen molar-refractivity contribution in [2.24, 2.45) is 5.92 Å². The lowest BCUT2D eigenvalue weighted by Gasteiger charge is -2.39. The minimum absolute atomic E-state index is 0.0305. The van der Waals surface area contributed by atoms with Gasteiger partial charge in [-0.05, 0) is 18.8 Å². The van der Waals surface area contributed by atoms with Crippen LogP contribution in [0.3, 0.4) is 0 Å². The maximum absolute atomic E-state index is 12.0. The fraction of sp³-hybridized carbons (Fsp3) is 0.769. The third-order valence-corrected chi connectivity index (χ3v) is 3.65. The number of ether oxygens (including phenoxy) is 2. The van der Waals surface area contributed by atoms with E-state index in [9.17, 15) is 9.90 Å². The van der Waals surface area contributed by atoms with Crippen LogP contribution < -0.4 is 5.32 Å². The number of aliphatic hydroxyl groups is 1. The third kappa shape index (κ3) is 2.96. The molecule has 0 aromatic heterocycles. The van der Waals surface area contributed by atoms with E-state index in [1.54, 1.807) is 0 Å².